The highest BCUT2D eigenvalue weighted by atomic mass is 19.3. The summed E-state index contributed by atoms with van der Waals surface area (Å²) in [5.74, 6) is -0.0335. The third-order valence-corrected chi connectivity index (χ3v) is 3.51. The number of oxazole rings is 1. The van der Waals surface area contributed by atoms with Crippen molar-refractivity contribution in [2.75, 3.05) is 0 Å². The van der Waals surface area contributed by atoms with Gasteiger partial charge in [-0.2, -0.15) is 8.78 Å². The Kier molecular flexibility index (Phi) is 5.26. The standard InChI is InChI=1S/C19H15F2NO4/c1-12(23)15-11-25-18(22-15)14-7-8-16(26-19(20)21)17(9-14)24-10-13-5-3-2-4-6-13/h2-9,11,19H,10H2,1H3. The van der Waals surface area contributed by atoms with Crippen LogP contribution in [-0.4, -0.2) is 17.4 Å². The predicted molar refractivity (Wildman–Crippen MR) is 89.3 cm³/mol. The number of benzene rings is 2. The molecule has 0 aliphatic carbocycles. The van der Waals surface area contributed by atoms with Crippen LogP contribution in [0.2, 0.25) is 0 Å². The van der Waals surface area contributed by atoms with E-state index in [-0.39, 0.29) is 35.5 Å². The van der Waals surface area contributed by atoms with Gasteiger partial charge in [0.2, 0.25) is 5.89 Å². The molecule has 26 heavy (non-hydrogen) atoms. The summed E-state index contributed by atoms with van der Waals surface area (Å²) in [6.45, 7) is -1.44. The molecule has 0 radical (unpaired) electrons. The van der Waals surface area contributed by atoms with E-state index in [0.717, 1.165) is 5.56 Å². The molecule has 0 unspecified atom stereocenters. The third-order valence-electron chi connectivity index (χ3n) is 3.51. The normalized spacial score (nSPS) is 10.8. The van der Waals surface area contributed by atoms with Gasteiger partial charge in [0.15, 0.2) is 17.3 Å². The lowest BCUT2D eigenvalue weighted by molar-refractivity contribution is -0.0515. The number of ether oxygens (including phenoxy) is 2. The van der Waals surface area contributed by atoms with Gasteiger partial charge in [-0.25, -0.2) is 4.98 Å². The Morgan fingerprint density at radius 2 is 1.92 bits per heavy atom. The number of aromatic nitrogens is 1. The minimum absolute atomic E-state index is 0.0990. The molecule has 0 saturated heterocycles. The molecule has 2 aromatic carbocycles. The van der Waals surface area contributed by atoms with E-state index >= 15 is 0 Å². The monoisotopic (exact) mass is 359 g/mol. The molecule has 134 valence electrons. The molecule has 0 spiro atoms. The Hall–Kier alpha value is -3.22. The maximum Gasteiger partial charge on any atom is 0.387 e. The fourth-order valence-electron chi connectivity index (χ4n) is 2.25. The largest absolute Gasteiger partial charge is 0.485 e. The van der Waals surface area contributed by atoms with Gasteiger partial charge in [-0.05, 0) is 23.8 Å². The summed E-state index contributed by atoms with van der Waals surface area (Å²) >= 11 is 0. The first-order chi connectivity index (χ1) is 12.5. The van der Waals surface area contributed by atoms with E-state index in [0.29, 0.717) is 5.56 Å². The van der Waals surface area contributed by atoms with Gasteiger partial charge in [0, 0.05) is 12.5 Å². The molecular formula is C19H15F2NO4. The summed E-state index contributed by atoms with van der Waals surface area (Å²) in [7, 11) is 0. The minimum Gasteiger partial charge on any atom is -0.485 e. The van der Waals surface area contributed by atoms with Crippen molar-refractivity contribution in [2.24, 2.45) is 0 Å². The highest BCUT2D eigenvalue weighted by Gasteiger charge is 2.16. The second-order valence-electron chi connectivity index (χ2n) is 5.41. The summed E-state index contributed by atoms with van der Waals surface area (Å²) < 4.78 is 40.7. The van der Waals surface area contributed by atoms with Gasteiger partial charge in [0.25, 0.3) is 0 Å². The lowest BCUT2D eigenvalue weighted by Crippen LogP contribution is -2.05. The average Bonchev–Trinajstić information content (AvgIpc) is 3.12. The number of hydrogen-bond acceptors (Lipinski definition) is 5. The van der Waals surface area contributed by atoms with Crippen LogP contribution < -0.4 is 9.47 Å². The first-order valence-electron chi connectivity index (χ1n) is 7.75. The first kappa shape index (κ1) is 17.6. The van der Waals surface area contributed by atoms with Crippen LogP contribution in [-0.2, 0) is 6.61 Å². The van der Waals surface area contributed by atoms with Crippen LogP contribution in [0.25, 0.3) is 11.5 Å². The van der Waals surface area contributed by atoms with Crippen molar-refractivity contribution in [2.45, 2.75) is 20.1 Å². The van der Waals surface area contributed by atoms with Crippen molar-refractivity contribution in [3.63, 3.8) is 0 Å². The van der Waals surface area contributed by atoms with Gasteiger partial charge < -0.3 is 13.9 Å². The van der Waals surface area contributed by atoms with Crippen LogP contribution >= 0.6 is 0 Å². The second-order valence-corrected chi connectivity index (χ2v) is 5.41. The summed E-state index contributed by atoms with van der Waals surface area (Å²) in [6.07, 6.45) is 1.24. The molecule has 0 saturated carbocycles. The molecule has 0 atom stereocenters. The summed E-state index contributed by atoms with van der Waals surface area (Å²) in [4.78, 5) is 15.4. The summed E-state index contributed by atoms with van der Waals surface area (Å²) in [6, 6.07) is 13.6. The van der Waals surface area contributed by atoms with E-state index < -0.39 is 6.61 Å². The average molecular weight is 359 g/mol. The number of ketones is 1. The molecule has 0 aliphatic heterocycles. The zero-order chi connectivity index (χ0) is 18.5. The van der Waals surface area contributed by atoms with Gasteiger partial charge >= 0.3 is 6.61 Å². The van der Waals surface area contributed by atoms with Gasteiger partial charge in [-0.15, -0.1) is 0 Å². The van der Waals surface area contributed by atoms with Crippen LogP contribution in [0, 0.1) is 0 Å². The van der Waals surface area contributed by atoms with Gasteiger partial charge in [-0.1, -0.05) is 30.3 Å². The van der Waals surface area contributed by atoms with Gasteiger partial charge in [-0.3, -0.25) is 4.79 Å². The minimum atomic E-state index is -2.98. The maximum atomic E-state index is 12.6. The maximum absolute atomic E-state index is 12.6. The Morgan fingerprint density at radius 3 is 2.58 bits per heavy atom. The lowest BCUT2D eigenvalue weighted by atomic mass is 10.2. The van der Waals surface area contributed by atoms with Crippen LogP contribution in [0.3, 0.4) is 0 Å². The van der Waals surface area contributed by atoms with Crippen molar-refractivity contribution in [1.29, 1.82) is 0 Å². The molecule has 0 fully saturated rings. The number of halogens is 2. The number of rotatable bonds is 7. The number of carbonyl (C=O) groups excluding carboxylic acids is 1. The van der Waals surface area contributed by atoms with E-state index in [4.69, 9.17) is 9.15 Å². The highest BCUT2D eigenvalue weighted by molar-refractivity contribution is 5.92. The van der Waals surface area contributed by atoms with E-state index in [9.17, 15) is 13.6 Å². The molecule has 1 aromatic heterocycles. The first-order valence-corrected chi connectivity index (χ1v) is 7.75. The van der Waals surface area contributed by atoms with Crippen LogP contribution in [0.1, 0.15) is 23.0 Å². The van der Waals surface area contributed by atoms with Crippen LogP contribution in [0.5, 0.6) is 11.5 Å². The summed E-state index contributed by atoms with van der Waals surface area (Å²) in [5.41, 5.74) is 1.53. The number of nitrogens with zero attached hydrogens (tertiary/aromatic N) is 1. The van der Waals surface area contributed by atoms with Crippen molar-refractivity contribution in [3.05, 3.63) is 66.1 Å². The van der Waals surface area contributed by atoms with Crippen molar-refractivity contribution < 1.29 is 27.5 Å². The number of alkyl halides is 2. The second kappa shape index (κ2) is 7.77. The molecule has 7 heteroatoms. The topological polar surface area (TPSA) is 61.6 Å². The van der Waals surface area contributed by atoms with E-state index in [2.05, 4.69) is 9.72 Å². The van der Waals surface area contributed by atoms with E-state index in [1.54, 1.807) is 0 Å². The fourth-order valence-corrected chi connectivity index (χ4v) is 2.25. The summed E-state index contributed by atoms with van der Waals surface area (Å²) in [5, 5.41) is 0. The molecule has 3 rings (SSSR count). The number of hydrogen-bond donors (Lipinski definition) is 0. The third kappa shape index (κ3) is 4.24. The predicted octanol–water partition coefficient (Wildman–Crippen LogP) is 4.72. The van der Waals surface area contributed by atoms with Gasteiger partial charge in [0.1, 0.15) is 18.6 Å². The van der Waals surface area contributed by atoms with E-state index in [1.165, 1.54) is 31.4 Å². The zero-order valence-electron chi connectivity index (χ0n) is 13.8. The van der Waals surface area contributed by atoms with Crippen molar-refractivity contribution in [3.8, 4) is 23.0 Å². The van der Waals surface area contributed by atoms with Crippen LogP contribution in [0.15, 0.2) is 59.2 Å². The van der Waals surface area contributed by atoms with Crippen molar-refractivity contribution in [1.82, 2.24) is 4.98 Å². The zero-order valence-corrected chi connectivity index (χ0v) is 13.8. The molecular weight excluding hydrogens is 344 g/mol. The lowest BCUT2D eigenvalue weighted by Gasteiger charge is -2.13. The highest BCUT2D eigenvalue weighted by Crippen LogP contribution is 2.34. The molecule has 5 nitrogen and oxygen atoms in total. The SMILES string of the molecule is CC(=O)c1coc(-c2ccc(OC(F)F)c(OCc3ccccc3)c2)n1. The van der Waals surface area contributed by atoms with Crippen LogP contribution in [0.4, 0.5) is 8.78 Å². The quantitative estimate of drug-likeness (QED) is 0.571. The Morgan fingerprint density at radius 1 is 1.15 bits per heavy atom. The molecule has 0 N–H and O–H groups in total. The van der Waals surface area contributed by atoms with Gasteiger partial charge in [0.05, 0.1) is 0 Å². The molecule has 0 amide bonds. The van der Waals surface area contributed by atoms with E-state index in [1.807, 2.05) is 30.3 Å². The Labute approximate surface area is 148 Å². The number of carbonyl (C=O) groups is 1. The van der Waals surface area contributed by atoms with Crippen molar-refractivity contribution >= 4 is 5.78 Å². The smallest absolute Gasteiger partial charge is 0.387 e. The molecule has 1 heterocycles. The molecule has 3 aromatic rings. The molecule has 0 bridgehead atoms. The molecule has 0 aliphatic rings. The Balaban J connectivity index is 1.88. The number of Topliss-reactive ketones (excluding diaryl/α,β-unsaturated/α-hetero) is 1. The Bertz CT molecular complexity index is 894. The fraction of sp³-hybridized carbons (Fsp3) is 0.158.